The zero-order chi connectivity index (χ0) is 31.7. The van der Waals surface area contributed by atoms with E-state index in [0.29, 0.717) is 30.5 Å². The normalized spacial score (nSPS) is 12.5. The molecule has 1 aromatic carbocycles. The first-order chi connectivity index (χ1) is 19.8. The van der Waals surface area contributed by atoms with Gasteiger partial charge in [0.15, 0.2) is 0 Å². The Kier molecular flexibility index (Phi) is 16.3. The van der Waals surface area contributed by atoms with Gasteiger partial charge in [0.25, 0.3) is 0 Å². The van der Waals surface area contributed by atoms with Crippen LogP contribution >= 0.6 is 0 Å². The maximum absolute atomic E-state index is 14.3. The molecule has 3 amide bonds. The molecule has 0 aliphatic heterocycles. The molecule has 1 aromatic rings. The van der Waals surface area contributed by atoms with Crippen molar-refractivity contribution in [1.29, 1.82) is 0 Å². The van der Waals surface area contributed by atoms with Gasteiger partial charge >= 0.3 is 12.1 Å². The van der Waals surface area contributed by atoms with E-state index in [4.69, 9.17) is 15.9 Å². The lowest BCUT2D eigenvalue weighted by atomic mass is 9.98. The molecule has 42 heavy (non-hydrogen) atoms. The Morgan fingerprint density at radius 3 is 2.19 bits per heavy atom. The average Bonchev–Trinajstić information content (AvgIpc) is 2.90. The van der Waals surface area contributed by atoms with Crippen molar-refractivity contribution in [2.45, 2.75) is 111 Å². The second-order valence-electron chi connectivity index (χ2n) is 11.8. The van der Waals surface area contributed by atoms with E-state index in [9.17, 15) is 19.2 Å². The minimum absolute atomic E-state index is 0.00344. The third-order valence-corrected chi connectivity index (χ3v) is 6.37. The van der Waals surface area contributed by atoms with E-state index in [1.165, 1.54) is 0 Å². The predicted molar refractivity (Wildman–Crippen MR) is 164 cm³/mol. The summed E-state index contributed by atoms with van der Waals surface area (Å²) in [6.45, 7) is 13.6. The number of rotatable bonds is 17. The molecule has 0 radical (unpaired) electrons. The smallest absolute Gasteiger partial charge is 0.408 e. The van der Waals surface area contributed by atoms with E-state index in [1.54, 1.807) is 56.9 Å². The number of nitrogens with one attached hydrogen (secondary N) is 2. The van der Waals surface area contributed by atoms with Crippen LogP contribution in [0.3, 0.4) is 0 Å². The number of carbonyl (C=O) groups is 4. The molecule has 9 nitrogen and oxygen atoms in total. The summed E-state index contributed by atoms with van der Waals surface area (Å²) in [5.41, 5.74) is 0.473. The molecule has 0 bridgehead atoms. The molecule has 2 atom stereocenters. The van der Waals surface area contributed by atoms with Crippen LogP contribution in [0.25, 0.3) is 0 Å². The highest BCUT2D eigenvalue weighted by Crippen LogP contribution is 2.25. The Bertz CT molecular complexity index is 1040. The van der Waals surface area contributed by atoms with Gasteiger partial charge in [0.2, 0.25) is 11.8 Å². The molecule has 0 saturated carbocycles. The van der Waals surface area contributed by atoms with Gasteiger partial charge in [-0.05, 0) is 64.2 Å². The standard InChI is InChI=1S/C33H51N3O6/c1-9-12-13-14-15-22-36(31(39)27(23-24(4)5)35-32(40)42-33(6,7)8)29(26-18-16-25(10-2)17-19-26)30(38)34-21-20-28(37)41-11-3/h2,16-19,24,27,29H,9,11-15,20-23H2,1,3-8H3,(H,34,38)(H,35,40). The Balaban J connectivity index is 3.47. The van der Waals surface area contributed by atoms with Gasteiger partial charge in [-0.15, -0.1) is 6.42 Å². The van der Waals surface area contributed by atoms with Gasteiger partial charge in [-0.1, -0.05) is 64.5 Å². The molecule has 0 aliphatic rings. The molecular formula is C33H51N3O6. The number of benzene rings is 1. The minimum atomic E-state index is -1.01. The van der Waals surface area contributed by atoms with Gasteiger partial charge < -0.3 is 25.0 Å². The number of terminal acetylenes is 1. The molecular weight excluding hydrogens is 534 g/mol. The highest BCUT2D eigenvalue weighted by atomic mass is 16.6. The lowest BCUT2D eigenvalue weighted by Gasteiger charge is -2.35. The highest BCUT2D eigenvalue weighted by molar-refractivity contribution is 5.92. The van der Waals surface area contributed by atoms with Crippen LogP contribution in [0.5, 0.6) is 0 Å². The number of nitrogens with zero attached hydrogens (tertiary/aromatic N) is 1. The molecule has 9 heteroatoms. The van der Waals surface area contributed by atoms with Gasteiger partial charge in [0.05, 0.1) is 13.0 Å². The predicted octanol–water partition coefficient (Wildman–Crippen LogP) is 5.52. The second kappa shape index (κ2) is 18.8. The first-order valence-electron chi connectivity index (χ1n) is 15.1. The molecule has 1 rings (SSSR count). The Morgan fingerprint density at radius 1 is 1.00 bits per heavy atom. The first kappa shape index (κ1) is 36.5. The number of hydrogen-bond acceptors (Lipinski definition) is 6. The maximum Gasteiger partial charge on any atom is 0.408 e. The van der Waals surface area contributed by atoms with Crippen LogP contribution < -0.4 is 10.6 Å². The fourth-order valence-electron chi connectivity index (χ4n) is 4.45. The van der Waals surface area contributed by atoms with E-state index in [0.717, 1.165) is 25.7 Å². The van der Waals surface area contributed by atoms with Crippen molar-refractivity contribution in [3.8, 4) is 12.3 Å². The van der Waals surface area contributed by atoms with Crippen molar-refractivity contribution >= 4 is 23.9 Å². The molecule has 0 heterocycles. The maximum atomic E-state index is 14.3. The molecule has 0 fully saturated rings. The molecule has 2 N–H and O–H groups in total. The van der Waals surface area contributed by atoms with Crippen LogP contribution in [-0.4, -0.2) is 60.1 Å². The van der Waals surface area contributed by atoms with Crippen LogP contribution in [-0.2, 0) is 23.9 Å². The lowest BCUT2D eigenvalue weighted by Crippen LogP contribution is -2.53. The number of hydrogen-bond donors (Lipinski definition) is 2. The van der Waals surface area contributed by atoms with E-state index in [1.807, 2.05) is 13.8 Å². The van der Waals surface area contributed by atoms with Gasteiger partial charge in [-0.25, -0.2) is 4.79 Å². The molecule has 0 aliphatic carbocycles. The lowest BCUT2D eigenvalue weighted by molar-refractivity contribution is -0.144. The van der Waals surface area contributed by atoms with E-state index in [-0.39, 0.29) is 31.4 Å². The van der Waals surface area contributed by atoms with Crippen LogP contribution in [0.4, 0.5) is 4.79 Å². The summed E-state index contributed by atoms with van der Waals surface area (Å²) in [5, 5.41) is 5.57. The number of carbonyl (C=O) groups excluding carboxylic acids is 4. The van der Waals surface area contributed by atoms with Crippen LogP contribution in [0, 0.1) is 18.3 Å². The number of ether oxygens (including phenoxy) is 2. The van der Waals surface area contributed by atoms with E-state index < -0.39 is 35.7 Å². The van der Waals surface area contributed by atoms with Gasteiger partial charge in [-0.3, -0.25) is 14.4 Å². The zero-order valence-electron chi connectivity index (χ0n) is 26.6. The summed E-state index contributed by atoms with van der Waals surface area (Å²) in [6.07, 6.45) is 9.96. The quantitative estimate of drug-likeness (QED) is 0.141. The number of alkyl carbamates (subject to hydrolysis) is 1. The van der Waals surface area contributed by atoms with Crippen LogP contribution in [0.15, 0.2) is 24.3 Å². The van der Waals surface area contributed by atoms with Crippen molar-refractivity contribution in [3.05, 3.63) is 35.4 Å². The zero-order valence-corrected chi connectivity index (χ0v) is 26.6. The topological polar surface area (TPSA) is 114 Å². The summed E-state index contributed by atoms with van der Waals surface area (Å²) in [6, 6.07) is 5.01. The van der Waals surface area contributed by atoms with Crippen LogP contribution in [0.1, 0.15) is 111 Å². The largest absolute Gasteiger partial charge is 0.466 e. The third-order valence-electron chi connectivity index (χ3n) is 6.37. The van der Waals surface area contributed by atoms with Crippen molar-refractivity contribution in [2.24, 2.45) is 5.92 Å². The SMILES string of the molecule is C#Cc1ccc(C(C(=O)NCCC(=O)OCC)N(CCCCCCC)C(=O)C(CC(C)C)NC(=O)OC(C)(C)C)cc1. The third kappa shape index (κ3) is 13.9. The fraction of sp³-hybridized carbons (Fsp3) is 0.636. The van der Waals surface area contributed by atoms with E-state index >= 15 is 0 Å². The minimum Gasteiger partial charge on any atom is -0.466 e. The molecule has 0 aromatic heterocycles. The second-order valence-corrected chi connectivity index (χ2v) is 11.8. The summed E-state index contributed by atoms with van der Waals surface area (Å²) in [7, 11) is 0. The Hall–Kier alpha value is -3.54. The van der Waals surface area contributed by atoms with Crippen LogP contribution in [0.2, 0.25) is 0 Å². The number of unbranched alkanes of at least 4 members (excludes halogenated alkanes) is 4. The van der Waals surface area contributed by atoms with Crippen molar-refractivity contribution in [2.75, 3.05) is 19.7 Å². The Labute approximate surface area is 252 Å². The molecule has 234 valence electrons. The van der Waals surface area contributed by atoms with Crippen molar-refractivity contribution in [1.82, 2.24) is 15.5 Å². The van der Waals surface area contributed by atoms with E-state index in [2.05, 4.69) is 23.5 Å². The summed E-state index contributed by atoms with van der Waals surface area (Å²) in [5.74, 6) is 1.41. The fourth-order valence-corrected chi connectivity index (χ4v) is 4.45. The van der Waals surface area contributed by atoms with Gasteiger partial charge in [-0.2, -0.15) is 0 Å². The average molecular weight is 586 g/mol. The number of esters is 1. The summed E-state index contributed by atoms with van der Waals surface area (Å²) >= 11 is 0. The first-order valence-corrected chi connectivity index (χ1v) is 15.1. The molecule has 0 saturated heterocycles. The highest BCUT2D eigenvalue weighted by Gasteiger charge is 2.36. The van der Waals surface area contributed by atoms with Gasteiger partial charge in [0.1, 0.15) is 17.7 Å². The Morgan fingerprint density at radius 2 is 1.64 bits per heavy atom. The monoisotopic (exact) mass is 585 g/mol. The molecule has 2 unspecified atom stereocenters. The summed E-state index contributed by atoms with van der Waals surface area (Å²) < 4.78 is 10.4. The summed E-state index contributed by atoms with van der Waals surface area (Å²) in [4.78, 5) is 54.2. The van der Waals surface area contributed by atoms with Crippen molar-refractivity contribution in [3.63, 3.8) is 0 Å². The molecule has 0 spiro atoms. The van der Waals surface area contributed by atoms with Gasteiger partial charge in [0, 0.05) is 18.7 Å². The van der Waals surface area contributed by atoms with Crippen molar-refractivity contribution < 1.29 is 28.7 Å². The number of amides is 3.